The maximum atomic E-state index is 12.5. The van der Waals surface area contributed by atoms with E-state index in [0.717, 1.165) is 11.1 Å². The van der Waals surface area contributed by atoms with Crippen molar-refractivity contribution in [1.82, 2.24) is 5.32 Å². The Hall–Kier alpha value is -3.08. The van der Waals surface area contributed by atoms with Crippen molar-refractivity contribution in [1.29, 1.82) is 0 Å². The molecule has 0 radical (unpaired) electrons. The molecule has 0 aliphatic heterocycles. The van der Waals surface area contributed by atoms with Crippen LogP contribution in [0.5, 0.6) is 5.75 Å². The van der Waals surface area contributed by atoms with Gasteiger partial charge in [0.15, 0.2) is 6.61 Å². The molecule has 0 spiro atoms. The third-order valence-corrected chi connectivity index (χ3v) is 4.62. The Morgan fingerprint density at radius 1 is 0.966 bits per heavy atom. The van der Waals surface area contributed by atoms with Crippen LogP contribution in [0.15, 0.2) is 54.6 Å². The molecule has 5 nitrogen and oxygen atoms in total. The van der Waals surface area contributed by atoms with Gasteiger partial charge in [0.1, 0.15) is 5.75 Å². The number of benzene rings is 2. The Kier molecular flexibility index (Phi) is 8.01. The lowest BCUT2D eigenvalue weighted by Gasteiger charge is -2.23. The molecule has 0 heterocycles. The van der Waals surface area contributed by atoms with Gasteiger partial charge >= 0.3 is 0 Å². The molecule has 0 bridgehead atoms. The Morgan fingerprint density at radius 3 is 2.07 bits per heavy atom. The lowest BCUT2D eigenvalue weighted by molar-refractivity contribution is -0.120. The van der Waals surface area contributed by atoms with E-state index in [9.17, 15) is 9.59 Å². The predicted octanol–water partition coefficient (Wildman–Crippen LogP) is 4.20. The summed E-state index contributed by atoms with van der Waals surface area (Å²) >= 11 is 0. The highest BCUT2D eigenvalue weighted by Crippen LogP contribution is 2.24. The van der Waals surface area contributed by atoms with E-state index in [1.54, 1.807) is 18.2 Å². The van der Waals surface area contributed by atoms with Gasteiger partial charge in [-0.3, -0.25) is 9.59 Å². The summed E-state index contributed by atoms with van der Waals surface area (Å²) in [5.41, 5.74) is 8.29. The molecule has 29 heavy (non-hydrogen) atoms. The van der Waals surface area contributed by atoms with Crippen LogP contribution in [0.1, 0.15) is 56.3 Å². The van der Waals surface area contributed by atoms with E-state index in [2.05, 4.69) is 57.3 Å². The van der Waals surface area contributed by atoms with Gasteiger partial charge in [-0.25, -0.2) is 0 Å². The first-order valence-electron chi connectivity index (χ1n) is 9.86. The molecule has 0 saturated carbocycles. The number of hydrogen-bond acceptors (Lipinski definition) is 3. The molecule has 3 N–H and O–H groups in total. The lowest BCUT2D eigenvalue weighted by atomic mass is 9.93. The van der Waals surface area contributed by atoms with Gasteiger partial charge in [-0.05, 0) is 46.7 Å². The molecular weight excluding hydrogens is 364 g/mol. The summed E-state index contributed by atoms with van der Waals surface area (Å²) in [6.07, 6.45) is 3.27. The Balaban J connectivity index is 2.00. The fourth-order valence-electron chi connectivity index (χ4n) is 2.93. The van der Waals surface area contributed by atoms with Crippen molar-refractivity contribution >= 4 is 17.9 Å². The molecule has 0 aliphatic carbocycles. The van der Waals surface area contributed by atoms with Gasteiger partial charge in [-0.15, -0.1) is 0 Å². The Morgan fingerprint density at radius 2 is 1.55 bits per heavy atom. The number of rotatable bonds is 9. The van der Waals surface area contributed by atoms with Gasteiger partial charge in [0.2, 0.25) is 5.91 Å². The molecule has 1 atom stereocenters. The second-order valence-corrected chi connectivity index (χ2v) is 7.71. The quantitative estimate of drug-likeness (QED) is 0.626. The highest BCUT2D eigenvalue weighted by atomic mass is 16.5. The molecule has 2 aromatic rings. The van der Waals surface area contributed by atoms with Gasteiger partial charge in [0.25, 0.3) is 5.91 Å². The van der Waals surface area contributed by atoms with Crippen LogP contribution >= 0.6 is 0 Å². The van der Waals surface area contributed by atoms with Gasteiger partial charge < -0.3 is 15.8 Å². The lowest BCUT2D eigenvalue weighted by Crippen LogP contribution is -2.30. The number of ether oxygens (including phenoxy) is 1. The number of amides is 2. The summed E-state index contributed by atoms with van der Waals surface area (Å²) < 4.78 is 5.22. The minimum Gasteiger partial charge on any atom is -0.484 e. The van der Waals surface area contributed by atoms with Crippen molar-refractivity contribution < 1.29 is 14.3 Å². The highest BCUT2D eigenvalue weighted by Gasteiger charge is 2.17. The largest absolute Gasteiger partial charge is 0.484 e. The Bertz CT molecular complexity index is 837. The summed E-state index contributed by atoms with van der Waals surface area (Å²) in [6.45, 7) is 8.35. The molecular formula is C24H30N2O3. The van der Waals surface area contributed by atoms with Crippen molar-refractivity contribution in [2.75, 3.05) is 6.61 Å². The van der Waals surface area contributed by atoms with Crippen molar-refractivity contribution in [2.45, 2.75) is 39.7 Å². The summed E-state index contributed by atoms with van der Waals surface area (Å²) in [5, 5.41) is 3.09. The average Bonchev–Trinajstić information content (AvgIpc) is 2.69. The molecule has 5 heteroatoms. The number of nitrogens with two attached hydrogens (primary N) is 1. The zero-order valence-corrected chi connectivity index (χ0v) is 17.5. The maximum Gasteiger partial charge on any atom is 0.255 e. The summed E-state index contributed by atoms with van der Waals surface area (Å²) in [5.74, 6) is 0.621. The number of carbonyl (C=O) groups is 2. The van der Waals surface area contributed by atoms with Crippen LogP contribution < -0.4 is 15.8 Å². The van der Waals surface area contributed by atoms with Crippen LogP contribution in [0.25, 0.3) is 6.08 Å². The monoisotopic (exact) mass is 394 g/mol. The van der Waals surface area contributed by atoms with E-state index in [-0.39, 0.29) is 24.5 Å². The first-order valence-corrected chi connectivity index (χ1v) is 9.86. The number of nitrogens with one attached hydrogen (secondary N) is 1. The van der Waals surface area contributed by atoms with Crippen molar-refractivity contribution in [2.24, 2.45) is 11.7 Å². The van der Waals surface area contributed by atoms with E-state index in [1.165, 1.54) is 11.6 Å². The minimum absolute atomic E-state index is 0.0575. The van der Waals surface area contributed by atoms with Crippen LogP contribution in [0.3, 0.4) is 0 Å². The van der Waals surface area contributed by atoms with Gasteiger partial charge in [0.05, 0.1) is 6.04 Å². The first-order chi connectivity index (χ1) is 13.8. The van der Waals surface area contributed by atoms with Gasteiger partial charge in [0, 0.05) is 6.08 Å². The average molecular weight is 395 g/mol. The molecule has 2 amide bonds. The number of carbonyl (C=O) groups excluding carboxylic acids is 2. The molecule has 1 unspecified atom stereocenters. The van der Waals surface area contributed by atoms with E-state index >= 15 is 0 Å². The Labute approximate surface area is 173 Å². The summed E-state index contributed by atoms with van der Waals surface area (Å²) in [6, 6.07) is 15.5. The summed E-state index contributed by atoms with van der Waals surface area (Å²) in [4.78, 5) is 23.2. The molecule has 2 aromatic carbocycles. The second kappa shape index (κ2) is 10.5. The van der Waals surface area contributed by atoms with Crippen molar-refractivity contribution in [3.63, 3.8) is 0 Å². The van der Waals surface area contributed by atoms with Gasteiger partial charge in [-0.1, -0.05) is 64.1 Å². The third-order valence-electron chi connectivity index (χ3n) is 4.62. The van der Waals surface area contributed by atoms with Crippen LogP contribution in [0, 0.1) is 5.92 Å². The molecule has 154 valence electrons. The van der Waals surface area contributed by atoms with Crippen molar-refractivity contribution in [3.8, 4) is 5.75 Å². The first kappa shape index (κ1) is 22.2. The normalized spacial score (nSPS) is 12.3. The molecule has 0 saturated heterocycles. The molecule has 2 rings (SSSR count). The highest BCUT2D eigenvalue weighted by molar-refractivity contribution is 5.92. The topological polar surface area (TPSA) is 81.4 Å². The zero-order valence-electron chi connectivity index (χ0n) is 17.5. The minimum atomic E-state index is -0.524. The molecule has 0 aromatic heterocycles. The second-order valence-electron chi connectivity index (χ2n) is 7.71. The maximum absolute atomic E-state index is 12.5. The van der Waals surface area contributed by atoms with E-state index in [1.807, 2.05) is 12.1 Å². The van der Waals surface area contributed by atoms with E-state index in [4.69, 9.17) is 10.5 Å². The van der Waals surface area contributed by atoms with Crippen LogP contribution in [0.4, 0.5) is 0 Å². The number of primary amides is 1. The fraction of sp³-hybridized carbons (Fsp3) is 0.333. The van der Waals surface area contributed by atoms with Crippen molar-refractivity contribution in [3.05, 3.63) is 71.3 Å². The van der Waals surface area contributed by atoms with Crippen LogP contribution in [-0.4, -0.2) is 18.4 Å². The van der Waals surface area contributed by atoms with Crippen LogP contribution in [-0.2, 0) is 9.59 Å². The SMILES string of the molecule is CC(C)c1ccc(C(NC(=O)/C=C/c2ccc(OCC(N)=O)cc2)C(C)C)cc1. The van der Waals surface area contributed by atoms with E-state index in [0.29, 0.717) is 11.7 Å². The third kappa shape index (κ3) is 7.11. The zero-order chi connectivity index (χ0) is 21.4. The summed E-state index contributed by atoms with van der Waals surface area (Å²) in [7, 11) is 0. The fourth-order valence-corrected chi connectivity index (χ4v) is 2.93. The van der Waals surface area contributed by atoms with Gasteiger partial charge in [-0.2, -0.15) is 0 Å². The predicted molar refractivity (Wildman–Crippen MR) is 116 cm³/mol. The number of hydrogen-bond donors (Lipinski definition) is 2. The molecule has 0 aliphatic rings. The smallest absolute Gasteiger partial charge is 0.255 e. The van der Waals surface area contributed by atoms with E-state index < -0.39 is 5.91 Å². The standard InChI is InChI=1S/C24H30N2O3/c1-16(2)19-8-10-20(11-9-19)24(17(3)4)26-23(28)14-7-18-5-12-21(13-6-18)29-15-22(25)27/h5-14,16-17,24H,15H2,1-4H3,(H2,25,27)(H,26,28)/b14-7+. The molecule has 0 fully saturated rings. The van der Waals surface area contributed by atoms with Crippen LogP contribution in [0.2, 0.25) is 0 Å².